The molecule has 1 aromatic carbocycles. The van der Waals surface area contributed by atoms with Gasteiger partial charge in [0.25, 0.3) is 0 Å². The number of nitrogens with zero attached hydrogens (tertiary/aromatic N) is 5. The third-order valence-electron chi connectivity index (χ3n) is 5.66. The van der Waals surface area contributed by atoms with Gasteiger partial charge in [-0.2, -0.15) is 13.2 Å². The van der Waals surface area contributed by atoms with E-state index in [2.05, 4.69) is 15.2 Å². The minimum atomic E-state index is -4.49. The van der Waals surface area contributed by atoms with Gasteiger partial charge in [-0.05, 0) is 30.2 Å². The highest BCUT2D eigenvalue weighted by Crippen LogP contribution is 2.39. The molecule has 0 aliphatic carbocycles. The van der Waals surface area contributed by atoms with E-state index in [4.69, 9.17) is 5.73 Å². The first-order chi connectivity index (χ1) is 15.2. The van der Waals surface area contributed by atoms with Gasteiger partial charge in [-0.1, -0.05) is 12.1 Å². The monoisotopic (exact) mass is 446 g/mol. The molecule has 0 saturated carbocycles. The zero-order valence-corrected chi connectivity index (χ0v) is 16.6. The molecule has 1 aliphatic heterocycles. The molecule has 1 aliphatic rings. The second-order valence-electron chi connectivity index (χ2n) is 7.89. The molecule has 1 saturated heterocycles. The summed E-state index contributed by atoms with van der Waals surface area (Å²) in [6.45, 7) is 0.411. The van der Waals surface area contributed by atoms with E-state index in [0.29, 0.717) is 28.7 Å². The Balaban J connectivity index is 1.61. The van der Waals surface area contributed by atoms with Gasteiger partial charge in [0.15, 0.2) is 23.0 Å². The molecule has 32 heavy (non-hydrogen) atoms. The lowest BCUT2D eigenvalue weighted by Gasteiger charge is -2.30. The van der Waals surface area contributed by atoms with Crippen LogP contribution in [0, 0.1) is 5.82 Å². The summed E-state index contributed by atoms with van der Waals surface area (Å²) in [5.41, 5.74) is 6.87. The van der Waals surface area contributed by atoms with Crippen LogP contribution in [-0.2, 0) is 0 Å². The summed E-state index contributed by atoms with van der Waals surface area (Å²) < 4.78 is 57.0. The molecule has 5 rings (SSSR count). The van der Waals surface area contributed by atoms with Crippen molar-refractivity contribution < 1.29 is 22.7 Å². The van der Waals surface area contributed by atoms with Gasteiger partial charge in [0.2, 0.25) is 0 Å². The fourth-order valence-electron chi connectivity index (χ4n) is 4.16. The van der Waals surface area contributed by atoms with Crippen LogP contribution in [0.25, 0.3) is 28.1 Å². The molecule has 166 valence electrons. The standard InChI is InChI=1S/C21H18F4N6O/c22-14-7-11-1-3-15(27-16(11)8-17(14)32)20-29-28-18-4-2-12(9-31(18)20)19(21(23,24)25)30-6-5-13(26)10-30/h1-4,7-9,13,19,32H,5-6,10,26H2. The Morgan fingerprint density at radius 3 is 2.66 bits per heavy atom. The van der Waals surface area contributed by atoms with Crippen molar-refractivity contribution in [2.45, 2.75) is 24.7 Å². The predicted molar refractivity (Wildman–Crippen MR) is 108 cm³/mol. The number of likely N-dealkylation sites (tertiary alicyclic amines) is 1. The average Bonchev–Trinajstić information content (AvgIpc) is 3.34. The highest BCUT2D eigenvalue weighted by atomic mass is 19.4. The van der Waals surface area contributed by atoms with E-state index in [9.17, 15) is 22.7 Å². The molecule has 2 unspecified atom stereocenters. The minimum Gasteiger partial charge on any atom is -0.505 e. The van der Waals surface area contributed by atoms with Crippen LogP contribution in [0.1, 0.15) is 18.0 Å². The summed E-state index contributed by atoms with van der Waals surface area (Å²) in [5, 5.41) is 18.2. The maximum absolute atomic E-state index is 14.0. The Labute approximate surface area is 179 Å². The van der Waals surface area contributed by atoms with Gasteiger partial charge in [-0.3, -0.25) is 9.30 Å². The molecule has 4 aromatic rings. The first-order valence-corrected chi connectivity index (χ1v) is 9.91. The normalized spacial score (nSPS) is 18.6. The molecular formula is C21H18F4N6O. The zero-order chi connectivity index (χ0) is 22.6. The Kier molecular flexibility index (Phi) is 4.75. The van der Waals surface area contributed by atoms with Crippen LogP contribution in [0.3, 0.4) is 0 Å². The SMILES string of the molecule is NC1CCN(C(c2ccc3nnc(-c4ccc5cc(F)c(O)cc5n4)n3c2)C(F)(F)F)C1. The number of rotatable bonds is 3. The first-order valence-electron chi connectivity index (χ1n) is 9.91. The lowest BCUT2D eigenvalue weighted by Crippen LogP contribution is -2.38. The summed E-state index contributed by atoms with van der Waals surface area (Å²) in [4.78, 5) is 5.72. The number of pyridine rings is 2. The average molecular weight is 446 g/mol. The third-order valence-corrected chi connectivity index (χ3v) is 5.66. The van der Waals surface area contributed by atoms with Crippen LogP contribution < -0.4 is 5.73 Å². The van der Waals surface area contributed by atoms with Crippen molar-refractivity contribution in [1.29, 1.82) is 0 Å². The summed E-state index contributed by atoms with van der Waals surface area (Å²) in [5.74, 6) is -1.09. The van der Waals surface area contributed by atoms with E-state index in [0.717, 1.165) is 6.07 Å². The number of hydrogen-bond acceptors (Lipinski definition) is 6. The third kappa shape index (κ3) is 3.53. The van der Waals surface area contributed by atoms with Crippen molar-refractivity contribution in [2.75, 3.05) is 13.1 Å². The van der Waals surface area contributed by atoms with Crippen molar-refractivity contribution in [3.8, 4) is 17.3 Å². The van der Waals surface area contributed by atoms with Crippen LogP contribution in [0.15, 0.2) is 42.6 Å². The molecule has 0 bridgehead atoms. The van der Waals surface area contributed by atoms with Gasteiger partial charge >= 0.3 is 6.18 Å². The number of phenols is 1. The molecular weight excluding hydrogens is 428 g/mol. The number of fused-ring (bicyclic) bond motifs is 2. The van der Waals surface area contributed by atoms with E-state index in [1.54, 1.807) is 12.1 Å². The Hall–Kier alpha value is -3.31. The lowest BCUT2D eigenvalue weighted by molar-refractivity contribution is -0.183. The van der Waals surface area contributed by atoms with Gasteiger partial charge in [0.05, 0.1) is 5.52 Å². The van der Waals surface area contributed by atoms with Crippen LogP contribution in [0.4, 0.5) is 17.6 Å². The topological polar surface area (TPSA) is 92.6 Å². The minimum absolute atomic E-state index is 0.0423. The Morgan fingerprint density at radius 2 is 1.94 bits per heavy atom. The number of nitrogens with two attached hydrogens (primary N) is 1. The van der Waals surface area contributed by atoms with E-state index in [1.807, 2.05) is 0 Å². The zero-order valence-electron chi connectivity index (χ0n) is 16.6. The highest BCUT2D eigenvalue weighted by Gasteiger charge is 2.46. The van der Waals surface area contributed by atoms with Gasteiger partial charge < -0.3 is 10.8 Å². The maximum Gasteiger partial charge on any atom is 0.408 e. The smallest absolute Gasteiger partial charge is 0.408 e. The van der Waals surface area contributed by atoms with E-state index >= 15 is 0 Å². The van der Waals surface area contributed by atoms with Gasteiger partial charge in [0.1, 0.15) is 11.7 Å². The van der Waals surface area contributed by atoms with Crippen LogP contribution in [0.5, 0.6) is 5.75 Å². The van der Waals surface area contributed by atoms with Crippen LogP contribution in [0.2, 0.25) is 0 Å². The molecule has 0 spiro atoms. The van der Waals surface area contributed by atoms with Crippen LogP contribution >= 0.6 is 0 Å². The van der Waals surface area contributed by atoms with Crippen molar-refractivity contribution in [2.24, 2.45) is 5.73 Å². The molecule has 11 heteroatoms. The number of aromatic nitrogens is 4. The van der Waals surface area contributed by atoms with E-state index in [-0.39, 0.29) is 30.5 Å². The summed E-state index contributed by atoms with van der Waals surface area (Å²) in [7, 11) is 0. The summed E-state index contributed by atoms with van der Waals surface area (Å²) >= 11 is 0. The number of halogens is 4. The number of alkyl halides is 3. The molecule has 1 fully saturated rings. The number of phenolic OH excluding ortho intramolecular Hbond substituents is 1. The lowest BCUT2D eigenvalue weighted by atomic mass is 10.1. The van der Waals surface area contributed by atoms with Gasteiger partial charge in [-0.15, -0.1) is 10.2 Å². The Bertz CT molecular complexity index is 1320. The van der Waals surface area contributed by atoms with Crippen molar-refractivity contribution >= 4 is 16.6 Å². The largest absolute Gasteiger partial charge is 0.505 e. The molecule has 3 N–H and O–H groups in total. The highest BCUT2D eigenvalue weighted by molar-refractivity contribution is 5.82. The molecule has 0 radical (unpaired) electrons. The second kappa shape index (κ2) is 7.38. The van der Waals surface area contributed by atoms with Crippen LogP contribution in [-0.4, -0.2) is 54.9 Å². The summed E-state index contributed by atoms with van der Waals surface area (Å²) in [6.07, 6.45) is -2.63. The van der Waals surface area contributed by atoms with Gasteiger partial charge in [-0.25, -0.2) is 9.37 Å². The molecule has 0 amide bonds. The molecule has 3 aromatic heterocycles. The van der Waals surface area contributed by atoms with Crippen molar-refractivity contribution in [3.63, 3.8) is 0 Å². The van der Waals surface area contributed by atoms with Crippen molar-refractivity contribution in [3.05, 3.63) is 54.0 Å². The molecule has 2 atom stereocenters. The fourth-order valence-corrected chi connectivity index (χ4v) is 4.16. The number of benzene rings is 1. The summed E-state index contributed by atoms with van der Waals surface area (Å²) in [6, 6.07) is 6.26. The quantitative estimate of drug-likeness (QED) is 0.469. The maximum atomic E-state index is 14.0. The number of hydrogen-bond donors (Lipinski definition) is 2. The molecule has 4 heterocycles. The molecule has 7 nitrogen and oxygen atoms in total. The second-order valence-corrected chi connectivity index (χ2v) is 7.89. The van der Waals surface area contributed by atoms with Gasteiger partial charge in [0, 0.05) is 36.8 Å². The Morgan fingerprint density at radius 1 is 1.12 bits per heavy atom. The fraction of sp³-hybridized carbons (Fsp3) is 0.286. The first kappa shape index (κ1) is 20.6. The van der Waals surface area contributed by atoms with E-state index < -0.39 is 23.8 Å². The predicted octanol–water partition coefficient (Wildman–Crippen LogP) is 3.43. The van der Waals surface area contributed by atoms with Crippen molar-refractivity contribution in [1.82, 2.24) is 24.5 Å². The van der Waals surface area contributed by atoms with E-state index in [1.165, 1.54) is 33.7 Å². The number of aromatic hydroxyl groups is 1.